The average Bonchev–Trinajstić information content (AvgIpc) is 3.91. The van der Waals surface area contributed by atoms with Crippen LogP contribution in [0.3, 0.4) is 0 Å². The SMILES string of the molecule is CC(C)(C)c1cc2c(cc1-c1ccccc1)[cH-]c1cc(-c3ccccc3)c(C(C)(C)C)cc12.ClC(Cl)(Cl)c1ccc([C](=[Zr+2])c2ccc(C(Cl)(Cl)Cl)cc2)cc1.[C-]1=CC=CC1. The molecule has 0 heterocycles. The first kappa shape index (κ1) is 46.7. The third-order valence-corrected chi connectivity index (χ3v) is 13.1. The second kappa shape index (κ2) is 19.3. The molecular weight excluding hydrogens is 941 g/mol. The summed E-state index contributed by atoms with van der Waals surface area (Å²) in [6.07, 6.45) is 10.0. The van der Waals surface area contributed by atoms with Crippen LogP contribution in [-0.4, -0.2) is 3.21 Å². The second-order valence-electron chi connectivity index (χ2n) is 16.9. The van der Waals surface area contributed by atoms with Gasteiger partial charge in [0.05, 0.1) is 0 Å². The van der Waals surface area contributed by atoms with Gasteiger partial charge in [0.15, 0.2) is 0 Å². The Kier molecular flexibility index (Phi) is 15.0. The minimum atomic E-state index is -1.41. The summed E-state index contributed by atoms with van der Waals surface area (Å²) >= 11 is 36.4. The molecule has 0 saturated heterocycles. The largest absolute Gasteiger partial charge is 0.273 e. The smallest absolute Gasteiger partial charge is 0.109 e. The van der Waals surface area contributed by atoms with Crippen LogP contribution in [0.25, 0.3) is 43.8 Å². The summed E-state index contributed by atoms with van der Waals surface area (Å²) in [6.45, 7) is 13.9. The molecule has 1 aliphatic rings. The van der Waals surface area contributed by atoms with E-state index in [9.17, 15) is 0 Å². The Hall–Kier alpha value is -2.84. The van der Waals surface area contributed by atoms with Gasteiger partial charge in [0.1, 0.15) is 0 Å². The van der Waals surface area contributed by atoms with Gasteiger partial charge >= 0.3 is 175 Å². The first-order valence-corrected chi connectivity index (χ1v) is 23.2. The maximum absolute atomic E-state index is 5.86. The number of benzene rings is 6. The number of allylic oxidation sites excluding steroid dienone is 4. The molecule has 7 heteroatoms. The molecule has 8 rings (SSSR count). The van der Waals surface area contributed by atoms with Gasteiger partial charge in [-0.05, 0) is 44.2 Å². The van der Waals surface area contributed by atoms with Crippen LogP contribution >= 0.6 is 69.6 Å². The molecule has 60 heavy (non-hydrogen) atoms. The number of rotatable bonds is 4. The van der Waals surface area contributed by atoms with Crippen molar-refractivity contribution in [3.63, 3.8) is 0 Å². The molecule has 7 aromatic carbocycles. The molecule has 0 spiro atoms. The fourth-order valence-electron chi connectivity index (χ4n) is 7.22. The molecule has 0 nitrogen and oxygen atoms in total. The van der Waals surface area contributed by atoms with Crippen LogP contribution in [0.5, 0.6) is 0 Å². The number of fused-ring (bicyclic) bond motifs is 3. The Morgan fingerprint density at radius 3 is 1.20 bits per heavy atom. The summed E-state index contributed by atoms with van der Waals surface area (Å²) in [5.41, 5.74) is 11.6. The fourth-order valence-corrected chi connectivity index (χ4v) is 8.79. The third-order valence-electron chi connectivity index (χ3n) is 10.4. The standard InChI is InChI=1S/C33H33.C15H8Cl6.C5H5.Zr/c1-32(2,3)30-20-26-24(18-28(30)22-13-9-7-10-14-22)17-25-19-29(23-15-11-8-12-16-23)31(21-27(25)26)33(4,5)6;16-14(17,18)12-5-1-10(2-6-12)9-11-3-7-13(8-4-11)15(19,20)21;1-2-4-5-3-1;/h7-21H,1-6H3;1-8H;1-3H,4H2;/q-1;;-1;+2. The Balaban J connectivity index is 0.000000192. The molecule has 0 aliphatic heterocycles. The van der Waals surface area contributed by atoms with Crippen molar-refractivity contribution in [1.29, 1.82) is 0 Å². The predicted molar refractivity (Wildman–Crippen MR) is 261 cm³/mol. The molecule has 0 aromatic heterocycles. The van der Waals surface area contributed by atoms with E-state index in [0.29, 0.717) is 11.1 Å². The summed E-state index contributed by atoms with van der Waals surface area (Å²) in [5.74, 6) is 0. The van der Waals surface area contributed by atoms with Crippen molar-refractivity contribution in [2.45, 2.75) is 66.4 Å². The molecule has 0 radical (unpaired) electrons. The van der Waals surface area contributed by atoms with Gasteiger partial charge in [-0.3, -0.25) is 6.08 Å². The zero-order valence-corrected chi connectivity index (χ0v) is 41.5. The maximum atomic E-state index is 5.86. The number of halogens is 6. The van der Waals surface area contributed by atoms with Gasteiger partial charge in [-0.1, -0.05) is 114 Å². The van der Waals surface area contributed by atoms with Crippen LogP contribution in [-0.2, 0) is 42.7 Å². The molecule has 0 bridgehead atoms. The van der Waals surface area contributed by atoms with E-state index in [1.807, 2.05) is 60.7 Å². The second-order valence-corrected chi connectivity index (χ2v) is 22.7. The van der Waals surface area contributed by atoms with Crippen molar-refractivity contribution >= 4 is 94.4 Å². The van der Waals surface area contributed by atoms with Crippen molar-refractivity contribution in [3.05, 3.63) is 197 Å². The maximum Gasteiger partial charge on any atom is -0.109 e. The number of alkyl halides is 6. The van der Waals surface area contributed by atoms with Gasteiger partial charge in [0.2, 0.25) is 0 Å². The minimum absolute atomic E-state index is 0.0554. The van der Waals surface area contributed by atoms with E-state index in [2.05, 4.69) is 145 Å². The van der Waals surface area contributed by atoms with E-state index in [1.165, 1.54) is 82.4 Å². The molecular formula is C53H46Cl6Zr. The summed E-state index contributed by atoms with van der Waals surface area (Å²) in [6, 6.07) is 48.7. The van der Waals surface area contributed by atoms with E-state index >= 15 is 0 Å². The summed E-state index contributed by atoms with van der Waals surface area (Å²) in [4.78, 5) is 0. The predicted octanol–water partition coefficient (Wildman–Crippen LogP) is 17.4. The molecule has 0 unspecified atom stereocenters. The molecule has 0 saturated carbocycles. The van der Waals surface area contributed by atoms with Crippen molar-refractivity contribution in [2.24, 2.45) is 0 Å². The number of hydrogen-bond acceptors (Lipinski definition) is 0. The molecule has 0 amide bonds. The van der Waals surface area contributed by atoms with Gasteiger partial charge in [-0.15, -0.1) is 46.2 Å². The van der Waals surface area contributed by atoms with Crippen LogP contribution in [0.4, 0.5) is 0 Å². The van der Waals surface area contributed by atoms with Crippen LogP contribution in [0.1, 0.15) is 81.3 Å². The van der Waals surface area contributed by atoms with Crippen LogP contribution in [0.2, 0.25) is 0 Å². The van der Waals surface area contributed by atoms with E-state index in [1.54, 1.807) is 0 Å². The quantitative estimate of drug-likeness (QED) is 0.122. The minimum Gasteiger partial charge on any atom is -0.273 e. The normalized spacial score (nSPS) is 12.9. The monoisotopic (exact) mass is 982 g/mol. The van der Waals surface area contributed by atoms with Gasteiger partial charge in [-0.2, -0.15) is 6.08 Å². The van der Waals surface area contributed by atoms with Crippen LogP contribution < -0.4 is 0 Å². The molecule has 7 aromatic rings. The zero-order valence-electron chi connectivity index (χ0n) is 34.5. The molecule has 0 fully saturated rings. The summed E-state index contributed by atoms with van der Waals surface area (Å²) < 4.78 is -1.66. The number of hydrogen-bond donors (Lipinski definition) is 0. The zero-order chi connectivity index (χ0) is 43.5. The Morgan fingerprint density at radius 1 is 0.533 bits per heavy atom. The first-order chi connectivity index (χ1) is 28.2. The third kappa shape index (κ3) is 11.6. The first-order valence-electron chi connectivity index (χ1n) is 19.7. The van der Waals surface area contributed by atoms with Gasteiger partial charge in [0.25, 0.3) is 0 Å². The molecule has 0 N–H and O–H groups in total. The van der Waals surface area contributed by atoms with Gasteiger partial charge in [-0.25, -0.2) is 12.2 Å². The van der Waals surface area contributed by atoms with E-state index in [-0.39, 0.29) is 10.8 Å². The summed E-state index contributed by atoms with van der Waals surface area (Å²) in [5, 5.41) is 5.36. The van der Waals surface area contributed by atoms with Crippen LogP contribution in [0, 0.1) is 6.08 Å². The molecule has 0 atom stereocenters. The Labute approximate surface area is 400 Å². The Bertz CT molecular complexity index is 2450. The average molecular weight is 987 g/mol. The molecule has 304 valence electrons. The molecule has 1 aliphatic carbocycles. The van der Waals surface area contributed by atoms with Crippen molar-refractivity contribution in [2.75, 3.05) is 0 Å². The summed E-state index contributed by atoms with van der Waals surface area (Å²) in [7, 11) is 0. The van der Waals surface area contributed by atoms with E-state index in [4.69, 9.17) is 69.6 Å². The van der Waals surface area contributed by atoms with E-state index < -0.39 is 7.59 Å². The Morgan fingerprint density at radius 2 is 0.917 bits per heavy atom. The van der Waals surface area contributed by atoms with E-state index in [0.717, 1.165) is 17.5 Å². The van der Waals surface area contributed by atoms with Crippen molar-refractivity contribution in [3.8, 4) is 22.3 Å². The van der Waals surface area contributed by atoms with Crippen molar-refractivity contribution in [1.82, 2.24) is 0 Å². The van der Waals surface area contributed by atoms with Gasteiger partial charge < -0.3 is 0 Å². The van der Waals surface area contributed by atoms with Crippen LogP contribution in [0.15, 0.2) is 158 Å². The topological polar surface area (TPSA) is 0 Å². The van der Waals surface area contributed by atoms with Gasteiger partial charge in [0, 0.05) is 0 Å². The van der Waals surface area contributed by atoms with Crippen molar-refractivity contribution < 1.29 is 24.2 Å². The fraction of sp³-hybridized carbons (Fsp3) is 0.208.